The van der Waals surface area contributed by atoms with E-state index >= 15 is 0 Å². The lowest BCUT2D eigenvalue weighted by atomic mass is 9.93. The number of carbonyl (C=O) groups is 1. The largest absolute Gasteiger partial charge is 0.469 e. The molecule has 17 heavy (non-hydrogen) atoms. The van der Waals surface area contributed by atoms with Crippen LogP contribution in [0.2, 0.25) is 0 Å². The highest BCUT2D eigenvalue weighted by Crippen LogP contribution is 2.30. The van der Waals surface area contributed by atoms with Crippen molar-refractivity contribution in [3.63, 3.8) is 0 Å². The monoisotopic (exact) mass is 231 g/mol. The van der Waals surface area contributed by atoms with Gasteiger partial charge in [0.05, 0.1) is 13.5 Å². The standard InChI is InChI=1S/C14H17NO2/c1-3-10(8-14(16)17-2)12-9-15-13-7-5-4-6-11(12)13/h4-7,9-10,15H,3,8H2,1-2H3/t10-/m0/s1. The Morgan fingerprint density at radius 1 is 1.41 bits per heavy atom. The van der Waals surface area contributed by atoms with Crippen molar-refractivity contribution < 1.29 is 9.53 Å². The van der Waals surface area contributed by atoms with E-state index < -0.39 is 0 Å². The highest BCUT2D eigenvalue weighted by Gasteiger charge is 2.17. The minimum atomic E-state index is -0.151. The molecular weight excluding hydrogens is 214 g/mol. The molecule has 2 rings (SSSR count). The second-order valence-corrected chi connectivity index (χ2v) is 4.18. The van der Waals surface area contributed by atoms with E-state index in [-0.39, 0.29) is 11.9 Å². The van der Waals surface area contributed by atoms with Gasteiger partial charge in [-0.1, -0.05) is 25.1 Å². The number of H-pyrrole nitrogens is 1. The van der Waals surface area contributed by atoms with E-state index in [9.17, 15) is 4.79 Å². The molecule has 0 bridgehead atoms. The second-order valence-electron chi connectivity index (χ2n) is 4.18. The van der Waals surface area contributed by atoms with E-state index in [1.54, 1.807) is 0 Å². The first-order valence-corrected chi connectivity index (χ1v) is 5.89. The molecule has 1 aromatic heterocycles. The summed E-state index contributed by atoms with van der Waals surface area (Å²) in [6, 6.07) is 8.15. The van der Waals surface area contributed by atoms with Crippen molar-refractivity contribution in [1.29, 1.82) is 0 Å². The van der Waals surface area contributed by atoms with Gasteiger partial charge in [0.25, 0.3) is 0 Å². The number of hydrogen-bond acceptors (Lipinski definition) is 2. The molecule has 0 saturated heterocycles. The number of ether oxygens (including phenoxy) is 1. The number of aromatic nitrogens is 1. The fourth-order valence-electron chi connectivity index (χ4n) is 2.19. The van der Waals surface area contributed by atoms with Crippen molar-refractivity contribution in [2.75, 3.05) is 7.11 Å². The summed E-state index contributed by atoms with van der Waals surface area (Å²) >= 11 is 0. The number of hydrogen-bond donors (Lipinski definition) is 1. The van der Waals surface area contributed by atoms with Crippen LogP contribution in [0, 0.1) is 0 Å². The zero-order valence-electron chi connectivity index (χ0n) is 10.2. The Hall–Kier alpha value is -1.77. The molecule has 0 aliphatic carbocycles. The maximum Gasteiger partial charge on any atom is 0.306 e. The Morgan fingerprint density at radius 3 is 2.88 bits per heavy atom. The first-order chi connectivity index (χ1) is 8.26. The number of para-hydroxylation sites is 1. The second kappa shape index (κ2) is 5.04. The third-order valence-corrected chi connectivity index (χ3v) is 3.19. The summed E-state index contributed by atoms with van der Waals surface area (Å²) in [4.78, 5) is 14.6. The first kappa shape index (κ1) is 11.7. The van der Waals surface area contributed by atoms with Crippen LogP contribution in [-0.2, 0) is 9.53 Å². The zero-order chi connectivity index (χ0) is 12.3. The molecule has 0 aliphatic heterocycles. The molecule has 3 nitrogen and oxygen atoms in total. The van der Waals surface area contributed by atoms with Gasteiger partial charge in [-0.2, -0.15) is 0 Å². The molecule has 0 aliphatic rings. The topological polar surface area (TPSA) is 42.1 Å². The normalized spacial score (nSPS) is 12.6. The van der Waals surface area contributed by atoms with Gasteiger partial charge in [-0.3, -0.25) is 4.79 Å². The average molecular weight is 231 g/mol. The van der Waals surface area contributed by atoms with Crippen LogP contribution in [0.1, 0.15) is 31.2 Å². The third-order valence-electron chi connectivity index (χ3n) is 3.19. The van der Waals surface area contributed by atoms with Gasteiger partial charge in [-0.15, -0.1) is 0 Å². The van der Waals surface area contributed by atoms with Gasteiger partial charge in [-0.05, 0) is 24.0 Å². The number of esters is 1. The van der Waals surface area contributed by atoms with E-state index in [2.05, 4.69) is 18.0 Å². The number of fused-ring (bicyclic) bond motifs is 1. The molecule has 0 spiro atoms. The third kappa shape index (κ3) is 2.33. The van der Waals surface area contributed by atoms with Crippen molar-refractivity contribution in [3.05, 3.63) is 36.0 Å². The minimum Gasteiger partial charge on any atom is -0.469 e. The summed E-state index contributed by atoms with van der Waals surface area (Å²) in [5.41, 5.74) is 2.32. The Bertz CT molecular complexity index is 516. The van der Waals surface area contributed by atoms with E-state index in [0.717, 1.165) is 11.9 Å². The van der Waals surface area contributed by atoms with Crippen LogP contribution in [0.4, 0.5) is 0 Å². The van der Waals surface area contributed by atoms with Crippen molar-refractivity contribution in [2.24, 2.45) is 0 Å². The smallest absolute Gasteiger partial charge is 0.306 e. The molecular formula is C14H17NO2. The Morgan fingerprint density at radius 2 is 2.18 bits per heavy atom. The molecule has 1 N–H and O–H groups in total. The maximum absolute atomic E-state index is 11.4. The fourth-order valence-corrected chi connectivity index (χ4v) is 2.19. The summed E-state index contributed by atoms with van der Waals surface area (Å²) in [6.07, 6.45) is 3.37. The zero-order valence-corrected chi connectivity index (χ0v) is 10.2. The number of nitrogens with one attached hydrogen (secondary N) is 1. The number of benzene rings is 1. The molecule has 3 heteroatoms. The van der Waals surface area contributed by atoms with Crippen molar-refractivity contribution >= 4 is 16.9 Å². The molecule has 90 valence electrons. The van der Waals surface area contributed by atoms with Crippen LogP contribution in [0.5, 0.6) is 0 Å². The predicted octanol–water partition coefficient (Wildman–Crippen LogP) is 3.22. The molecule has 0 amide bonds. The molecule has 1 heterocycles. The summed E-state index contributed by atoms with van der Waals surface area (Å²) in [6.45, 7) is 2.09. The highest BCUT2D eigenvalue weighted by molar-refractivity contribution is 5.84. The van der Waals surface area contributed by atoms with Gasteiger partial charge in [0, 0.05) is 17.1 Å². The van der Waals surface area contributed by atoms with Crippen LogP contribution >= 0.6 is 0 Å². The molecule has 1 aromatic carbocycles. The first-order valence-electron chi connectivity index (χ1n) is 5.89. The Kier molecular flexibility index (Phi) is 3.47. The molecule has 0 unspecified atom stereocenters. The summed E-state index contributed by atoms with van der Waals surface area (Å²) in [7, 11) is 1.43. The average Bonchev–Trinajstić information content (AvgIpc) is 2.79. The minimum absolute atomic E-state index is 0.151. The van der Waals surface area contributed by atoms with Crippen molar-refractivity contribution in [1.82, 2.24) is 4.98 Å². The molecule has 0 radical (unpaired) electrons. The number of carbonyl (C=O) groups excluding carboxylic acids is 1. The van der Waals surface area contributed by atoms with E-state index in [0.29, 0.717) is 6.42 Å². The van der Waals surface area contributed by atoms with Crippen LogP contribution in [0.25, 0.3) is 10.9 Å². The van der Waals surface area contributed by atoms with Crippen molar-refractivity contribution in [2.45, 2.75) is 25.7 Å². The SMILES string of the molecule is CC[C@@H](CC(=O)OC)c1c[nH]c2ccccc12. The van der Waals surface area contributed by atoms with E-state index in [4.69, 9.17) is 4.74 Å². The number of aromatic amines is 1. The van der Waals surface area contributed by atoms with Gasteiger partial charge >= 0.3 is 5.97 Å². The maximum atomic E-state index is 11.4. The Balaban J connectivity index is 2.33. The quantitative estimate of drug-likeness (QED) is 0.821. The molecule has 0 fully saturated rings. The van der Waals surface area contributed by atoms with Gasteiger partial charge in [0.2, 0.25) is 0 Å². The van der Waals surface area contributed by atoms with Gasteiger partial charge in [-0.25, -0.2) is 0 Å². The number of methoxy groups -OCH3 is 1. The highest BCUT2D eigenvalue weighted by atomic mass is 16.5. The number of rotatable bonds is 4. The lowest BCUT2D eigenvalue weighted by Gasteiger charge is -2.12. The van der Waals surface area contributed by atoms with E-state index in [1.165, 1.54) is 18.1 Å². The van der Waals surface area contributed by atoms with Gasteiger partial charge in [0.1, 0.15) is 0 Å². The molecule has 1 atom stereocenters. The van der Waals surface area contributed by atoms with Crippen LogP contribution in [-0.4, -0.2) is 18.1 Å². The van der Waals surface area contributed by atoms with Crippen LogP contribution < -0.4 is 0 Å². The summed E-state index contributed by atoms with van der Waals surface area (Å²) in [5.74, 6) is 0.0701. The predicted molar refractivity (Wildman–Crippen MR) is 68.0 cm³/mol. The lowest BCUT2D eigenvalue weighted by molar-refractivity contribution is -0.141. The van der Waals surface area contributed by atoms with Crippen molar-refractivity contribution in [3.8, 4) is 0 Å². The summed E-state index contributed by atoms with van der Waals surface area (Å²) < 4.78 is 4.74. The van der Waals surface area contributed by atoms with E-state index in [1.807, 2.05) is 24.4 Å². The molecule has 2 aromatic rings. The Labute approximate surface area is 101 Å². The fraction of sp³-hybridized carbons (Fsp3) is 0.357. The van der Waals surface area contributed by atoms with Crippen LogP contribution in [0.3, 0.4) is 0 Å². The van der Waals surface area contributed by atoms with Gasteiger partial charge in [0.15, 0.2) is 0 Å². The lowest BCUT2D eigenvalue weighted by Crippen LogP contribution is -2.07. The van der Waals surface area contributed by atoms with Gasteiger partial charge < -0.3 is 9.72 Å². The molecule has 0 saturated carbocycles. The van der Waals surface area contributed by atoms with Crippen LogP contribution in [0.15, 0.2) is 30.5 Å². The summed E-state index contributed by atoms with van der Waals surface area (Å²) in [5, 5.41) is 1.20.